The number of benzene rings is 3. The number of rotatable bonds is 11. The smallest absolute Gasteiger partial charge is 0.329 e. The van der Waals surface area contributed by atoms with Crippen LogP contribution in [0.3, 0.4) is 0 Å². The second kappa shape index (κ2) is 12.8. The van der Waals surface area contributed by atoms with Crippen molar-refractivity contribution in [3.8, 4) is 17.0 Å². The van der Waals surface area contributed by atoms with Crippen molar-refractivity contribution in [2.75, 3.05) is 18.6 Å². The maximum absolute atomic E-state index is 14.2. The molecule has 0 radical (unpaired) electrons. The molecule has 45 heavy (non-hydrogen) atoms. The van der Waals surface area contributed by atoms with E-state index in [0.29, 0.717) is 48.0 Å². The Balaban J connectivity index is 1.42. The Labute approximate surface area is 264 Å². The third-order valence-corrected chi connectivity index (χ3v) is 9.63. The summed E-state index contributed by atoms with van der Waals surface area (Å²) >= 11 is 0. The molecule has 236 valence electrons. The molecule has 3 aromatic carbocycles. The average Bonchev–Trinajstić information content (AvgIpc) is 3.57. The summed E-state index contributed by atoms with van der Waals surface area (Å²) < 4.78 is 36.6. The number of sulfonamides is 1. The summed E-state index contributed by atoms with van der Waals surface area (Å²) in [6.45, 7) is 8.73. The molecule has 10 nitrogen and oxygen atoms in total. The molecular formula is C34H39N5O5S. The van der Waals surface area contributed by atoms with Gasteiger partial charge in [-0.2, -0.15) is 5.10 Å². The molecule has 1 aromatic heterocycles. The zero-order valence-corrected chi connectivity index (χ0v) is 27.0. The highest BCUT2D eigenvalue weighted by atomic mass is 32.2. The summed E-state index contributed by atoms with van der Waals surface area (Å²) in [6.07, 6.45) is 2.01. The van der Waals surface area contributed by atoms with Gasteiger partial charge in [0.05, 0.1) is 17.7 Å². The molecule has 4 aromatic rings. The van der Waals surface area contributed by atoms with Crippen LogP contribution in [0.4, 0.5) is 10.5 Å². The Morgan fingerprint density at radius 3 is 2.40 bits per heavy atom. The summed E-state index contributed by atoms with van der Waals surface area (Å²) in [5.41, 5.74) is 2.15. The molecule has 0 saturated heterocycles. The van der Waals surface area contributed by atoms with Crippen LogP contribution in [0, 0.1) is 12.8 Å². The molecular weight excluding hydrogens is 590 g/mol. The second-order valence-corrected chi connectivity index (χ2v) is 13.3. The first-order valence-corrected chi connectivity index (χ1v) is 16.5. The van der Waals surface area contributed by atoms with Crippen LogP contribution in [0.5, 0.6) is 5.75 Å². The van der Waals surface area contributed by atoms with Gasteiger partial charge in [-0.3, -0.25) is 9.48 Å². The molecule has 1 heterocycles. The molecule has 0 aliphatic heterocycles. The van der Waals surface area contributed by atoms with Gasteiger partial charge in [0.1, 0.15) is 11.3 Å². The highest BCUT2D eigenvalue weighted by Gasteiger charge is 2.63. The third kappa shape index (κ3) is 6.44. The molecule has 0 bridgehead atoms. The van der Waals surface area contributed by atoms with Crippen molar-refractivity contribution in [1.82, 2.24) is 19.8 Å². The predicted octanol–water partition coefficient (Wildman–Crippen LogP) is 5.49. The number of ether oxygens (including phenoxy) is 1. The largest absolute Gasteiger partial charge is 0.497 e. The minimum absolute atomic E-state index is 0.0309. The molecule has 0 spiro atoms. The molecule has 1 fully saturated rings. The first kappa shape index (κ1) is 31.8. The molecule has 3 amide bonds. The summed E-state index contributed by atoms with van der Waals surface area (Å²) in [5.74, 6) is 0.329. The van der Waals surface area contributed by atoms with E-state index in [-0.39, 0.29) is 16.7 Å². The Morgan fingerprint density at radius 2 is 1.76 bits per heavy atom. The van der Waals surface area contributed by atoms with E-state index in [0.717, 1.165) is 11.3 Å². The van der Waals surface area contributed by atoms with Crippen LogP contribution in [0.25, 0.3) is 11.3 Å². The fraction of sp³-hybridized carbons (Fsp3) is 0.324. The molecule has 2 atom stereocenters. The number of aromatic nitrogens is 2. The van der Waals surface area contributed by atoms with E-state index in [1.54, 1.807) is 55.5 Å². The van der Waals surface area contributed by atoms with Gasteiger partial charge in [-0.15, -0.1) is 0 Å². The van der Waals surface area contributed by atoms with Crippen LogP contribution in [0.15, 0.2) is 90.0 Å². The predicted molar refractivity (Wildman–Crippen MR) is 174 cm³/mol. The van der Waals surface area contributed by atoms with Crippen LogP contribution in [-0.2, 0) is 21.4 Å². The lowest BCUT2D eigenvalue weighted by atomic mass is 10.0. The number of amides is 3. The molecule has 1 aliphatic rings. The van der Waals surface area contributed by atoms with Gasteiger partial charge in [0.15, 0.2) is 0 Å². The molecule has 2 unspecified atom stereocenters. The van der Waals surface area contributed by atoms with Gasteiger partial charge in [0.2, 0.25) is 0 Å². The van der Waals surface area contributed by atoms with Crippen LogP contribution in [0.1, 0.15) is 44.2 Å². The molecule has 2 N–H and O–H groups in total. The number of nitrogens with zero attached hydrogens (tertiary/aromatic N) is 3. The lowest BCUT2D eigenvalue weighted by Crippen LogP contribution is -2.55. The third-order valence-electron chi connectivity index (χ3n) is 8.16. The summed E-state index contributed by atoms with van der Waals surface area (Å²) in [5, 5.41) is 7.19. The van der Waals surface area contributed by atoms with E-state index in [1.807, 2.05) is 54.1 Å². The normalized spacial score (nSPS) is 17.5. The van der Waals surface area contributed by atoms with E-state index < -0.39 is 21.6 Å². The molecule has 1 aliphatic carbocycles. The Kier molecular flexibility index (Phi) is 9.01. The van der Waals surface area contributed by atoms with E-state index in [2.05, 4.69) is 29.0 Å². The van der Waals surface area contributed by atoms with E-state index >= 15 is 0 Å². The van der Waals surface area contributed by atoms with Crippen molar-refractivity contribution in [3.63, 3.8) is 0 Å². The number of likely N-dealkylation sites (N-methyl/N-ethyl adjacent to an activating group) is 1. The first-order valence-electron chi connectivity index (χ1n) is 15.0. The lowest BCUT2D eigenvalue weighted by Gasteiger charge is -2.28. The average molecular weight is 630 g/mol. The number of carbonyl (C=O) groups is 2. The standard InChI is InChI=1S/C34H39N5O5S/c1-6-38(26-15-17-27(44-5)18-16-26)32(40)34(21-29(34)25-11-8-7-9-12-25)36-33(41)37-45(42,43)31-14-10-13-28(24(31)4)30-19-20-35-39(30)22-23(2)3/h7-20,23,29H,6,21-22H2,1-5H3,(H2,36,37,41). The van der Waals surface area contributed by atoms with Gasteiger partial charge in [0, 0.05) is 36.5 Å². The summed E-state index contributed by atoms with van der Waals surface area (Å²) in [7, 11) is -2.74. The Bertz CT molecular complexity index is 1790. The number of anilines is 1. The monoisotopic (exact) mass is 629 g/mol. The van der Waals surface area contributed by atoms with Crippen molar-refractivity contribution < 1.29 is 22.7 Å². The van der Waals surface area contributed by atoms with Gasteiger partial charge in [-0.25, -0.2) is 17.9 Å². The van der Waals surface area contributed by atoms with Gasteiger partial charge in [-0.05, 0) is 73.7 Å². The van der Waals surface area contributed by atoms with Crippen LogP contribution in [0.2, 0.25) is 0 Å². The number of hydrogen-bond donors (Lipinski definition) is 2. The fourth-order valence-corrected chi connectivity index (χ4v) is 7.04. The minimum Gasteiger partial charge on any atom is -0.497 e. The zero-order valence-electron chi connectivity index (χ0n) is 26.2. The van der Waals surface area contributed by atoms with Gasteiger partial charge >= 0.3 is 6.03 Å². The van der Waals surface area contributed by atoms with Crippen molar-refractivity contribution in [2.45, 2.75) is 57.0 Å². The van der Waals surface area contributed by atoms with Crippen molar-refractivity contribution >= 4 is 27.6 Å². The second-order valence-electron chi connectivity index (χ2n) is 11.7. The first-order chi connectivity index (χ1) is 21.5. The number of methoxy groups -OCH3 is 1. The van der Waals surface area contributed by atoms with Gasteiger partial charge in [-0.1, -0.05) is 56.3 Å². The number of nitrogens with one attached hydrogen (secondary N) is 2. The summed E-state index contributed by atoms with van der Waals surface area (Å²) in [4.78, 5) is 29.3. The van der Waals surface area contributed by atoms with E-state index in [9.17, 15) is 18.0 Å². The van der Waals surface area contributed by atoms with Crippen molar-refractivity contribution in [3.05, 3.63) is 96.2 Å². The summed E-state index contributed by atoms with van der Waals surface area (Å²) in [6, 6.07) is 22.3. The van der Waals surface area contributed by atoms with Gasteiger partial charge in [0.25, 0.3) is 15.9 Å². The molecule has 1 saturated carbocycles. The van der Waals surface area contributed by atoms with Crippen LogP contribution < -0.4 is 19.7 Å². The van der Waals surface area contributed by atoms with Crippen LogP contribution >= 0.6 is 0 Å². The topological polar surface area (TPSA) is 123 Å². The minimum atomic E-state index is -4.31. The Hall–Kier alpha value is -4.64. The maximum atomic E-state index is 14.2. The highest BCUT2D eigenvalue weighted by Crippen LogP contribution is 2.53. The van der Waals surface area contributed by atoms with E-state index in [1.165, 1.54) is 6.07 Å². The zero-order chi connectivity index (χ0) is 32.4. The number of urea groups is 1. The number of carbonyl (C=O) groups excluding carboxylic acids is 2. The maximum Gasteiger partial charge on any atom is 0.329 e. The molecule has 5 rings (SSSR count). The van der Waals surface area contributed by atoms with E-state index in [4.69, 9.17) is 4.74 Å². The number of hydrogen-bond acceptors (Lipinski definition) is 6. The fourth-order valence-electron chi connectivity index (χ4n) is 5.87. The van der Waals surface area contributed by atoms with Crippen LogP contribution in [-0.4, -0.2) is 49.3 Å². The Morgan fingerprint density at radius 1 is 1.04 bits per heavy atom. The lowest BCUT2D eigenvalue weighted by molar-refractivity contribution is -0.121. The van der Waals surface area contributed by atoms with Gasteiger partial charge < -0.3 is 15.0 Å². The highest BCUT2D eigenvalue weighted by molar-refractivity contribution is 7.90. The SMILES string of the molecule is CCN(C(=O)C1(NC(=O)NS(=O)(=O)c2cccc(-c3ccnn3CC(C)C)c2C)CC1c1ccccc1)c1ccc(OC)cc1. The van der Waals surface area contributed by atoms with Crippen molar-refractivity contribution in [2.24, 2.45) is 5.92 Å². The quantitative estimate of drug-likeness (QED) is 0.226. The molecule has 11 heteroatoms. The van der Waals surface area contributed by atoms with Crippen molar-refractivity contribution in [1.29, 1.82) is 0 Å².